The molecule has 2 unspecified atom stereocenters. The van der Waals surface area contributed by atoms with Crippen molar-refractivity contribution in [1.29, 1.82) is 0 Å². The van der Waals surface area contributed by atoms with Crippen LogP contribution in [0.4, 0.5) is 4.39 Å². The topological polar surface area (TPSA) is 78.8 Å². The number of carboxylic acids is 1. The van der Waals surface area contributed by atoms with Gasteiger partial charge in [-0.25, -0.2) is 4.39 Å². The molecule has 0 bridgehead atoms. The van der Waals surface area contributed by atoms with Gasteiger partial charge in [0.15, 0.2) is 11.6 Å². The Kier molecular flexibility index (Phi) is 7.98. The van der Waals surface area contributed by atoms with E-state index in [-0.39, 0.29) is 24.8 Å². The van der Waals surface area contributed by atoms with Crippen molar-refractivity contribution in [1.82, 2.24) is 5.32 Å². The van der Waals surface area contributed by atoms with E-state index in [4.69, 9.17) is 9.84 Å². The Balaban J connectivity index is 2.57. The van der Waals surface area contributed by atoms with E-state index in [0.29, 0.717) is 18.5 Å². The fraction of sp³-hybridized carbons (Fsp3) is 0.588. The van der Waals surface area contributed by atoms with E-state index in [1.54, 1.807) is 13.0 Å². The summed E-state index contributed by atoms with van der Waals surface area (Å²) >= 11 is 0. The molecule has 2 atom stereocenters. The molecule has 0 aliphatic carbocycles. The molecule has 0 saturated carbocycles. The highest BCUT2D eigenvalue weighted by molar-refractivity contribution is 5.70. The predicted octanol–water partition coefficient (Wildman–Crippen LogP) is 2.22. The van der Waals surface area contributed by atoms with Crippen LogP contribution in [0.3, 0.4) is 0 Å². The maximum atomic E-state index is 14.0. The van der Waals surface area contributed by atoms with Gasteiger partial charge in [-0.05, 0) is 30.5 Å². The molecule has 6 heteroatoms. The van der Waals surface area contributed by atoms with E-state index in [2.05, 4.69) is 5.32 Å². The van der Waals surface area contributed by atoms with E-state index < -0.39 is 23.8 Å². The van der Waals surface area contributed by atoms with Crippen molar-refractivity contribution in [2.24, 2.45) is 5.92 Å². The molecule has 0 radical (unpaired) electrons. The molecule has 3 N–H and O–H groups in total. The first kappa shape index (κ1) is 19.4. The lowest BCUT2D eigenvalue weighted by Gasteiger charge is -2.16. The quantitative estimate of drug-likeness (QED) is 0.614. The van der Waals surface area contributed by atoms with Crippen LogP contribution in [0.15, 0.2) is 18.2 Å². The van der Waals surface area contributed by atoms with E-state index >= 15 is 0 Å². The summed E-state index contributed by atoms with van der Waals surface area (Å²) in [4.78, 5) is 11.0. The average Bonchev–Trinajstić information content (AvgIpc) is 2.49. The summed E-state index contributed by atoms with van der Waals surface area (Å²) < 4.78 is 19.3. The van der Waals surface area contributed by atoms with Crippen LogP contribution in [0.2, 0.25) is 0 Å². The van der Waals surface area contributed by atoms with Crippen molar-refractivity contribution in [3.05, 3.63) is 29.6 Å². The van der Waals surface area contributed by atoms with Gasteiger partial charge < -0.3 is 20.3 Å². The monoisotopic (exact) mass is 327 g/mol. The smallest absolute Gasteiger partial charge is 0.306 e. The highest BCUT2D eigenvalue weighted by atomic mass is 19.1. The van der Waals surface area contributed by atoms with Gasteiger partial charge in [0.2, 0.25) is 0 Å². The number of hydrogen-bond donors (Lipinski definition) is 3. The van der Waals surface area contributed by atoms with Crippen LogP contribution >= 0.6 is 0 Å². The average molecular weight is 327 g/mol. The van der Waals surface area contributed by atoms with Crippen molar-refractivity contribution in [2.75, 3.05) is 13.2 Å². The second kappa shape index (κ2) is 9.47. The number of nitrogens with one attached hydrogen (secondary N) is 1. The fourth-order valence-electron chi connectivity index (χ4n) is 2.10. The van der Waals surface area contributed by atoms with Crippen molar-refractivity contribution in [2.45, 2.75) is 45.8 Å². The summed E-state index contributed by atoms with van der Waals surface area (Å²) in [5.41, 5.74) is 0.617. The minimum absolute atomic E-state index is 0.0112. The standard InChI is InChI=1S/C17H26FNO4/c1-4-13(17(21)22)7-12-5-6-16(15(18)8-12)23-10-14(20)9-19-11(2)3/h5-6,8,11,13-14,19-20H,4,7,9-10H2,1-3H3,(H,21,22). The zero-order chi connectivity index (χ0) is 17.4. The van der Waals surface area contributed by atoms with Crippen molar-refractivity contribution >= 4 is 5.97 Å². The fourth-order valence-corrected chi connectivity index (χ4v) is 2.10. The van der Waals surface area contributed by atoms with Crippen LogP contribution in [0.25, 0.3) is 0 Å². The van der Waals surface area contributed by atoms with Gasteiger partial charge in [-0.15, -0.1) is 0 Å². The summed E-state index contributed by atoms with van der Waals surface area (Å²) in [5, 5.41) is 21.8. The Labute approximate surface area is 136 Å². The van der Waals surface area contributed by atoms with Gasteiger partial charge in [0.25, 0.3) is 0 Å². The van der Waals surface area contributed by atoms with Gasteiger partial charge in [-0.1, -0.05) is 26.8 Å². The summed E-state index contributed by atoms with van der Waals surface area (Å²) in [6.45, 7) is 6.08. The van der Waals surface area contributed by atoms with Crippen molar-refractivity contribution < 1.29 is 24.1 Å². The summed E-state index contributed by atoms with van der Waals surface area (Å²) in [6.07, 6.45) is 0.0433. The van der Waals surface area contributed by atoms with E-state index in [9.17, 15) is 14.3 Å². The zero-order valence-electron chi connectivity index (χ0n) is 13.9. The normalized spacial score (nSPS) is 13.8. The minimum atomic E-state index is -0.881. The maximum absolute atomic E-state index is 14.0. The number of benzene rings is 1. The molecule has 1 rings (SSSR count). The van der Waals surface area contributed by atoms with Crippen LogP contribution in [0.1, 0.15) is 32.8 Å². The first-order chi connectivity index (χ1) is 10.8. The Morgan fingerprint density at radius 2 is 2.09 bits per heavy atom. The molecule has 0 saturated heterocycles. The molecular weight excluding hydrogens is 301 g/mol. The van der Waals surface area contributed by atoms with Crippen molar-refractivity contribution in [3.8, 4) is 5.75 Å². The number of aliphatic hydroxyl groups is 1. The molecule has 130 valence electrons. The Morgan fingerprint density at radius 3 is 2.61 bits per heavy atom. The van der Waals surface area contributed by atoms with Crippen LogP contribution in [-0.2, 0) is 11.2 Å². The van der Waals surface area contributed by atoms with Crippen LogP contribution < -0.4 is 10.1 Å². The molecule has 0 amide bonds. The number of carbonyl (C=O) groups is 1. The largest absolute Gasteiger partial charge is 0.488 e. The predicted molar refractivity (Wildman–Crippen MR) is 86.2 cm³/mol. The Hall–Kier alpha value is -1.66. The maximum Gasteiger partial charge on any atom is 0.306 e. The van der Waals surface area contributed by atoms with E-state index in [1.807, 2.05) is 13.8 Å². The first-order valence-corrected chi connectivity index (χ1v) is 7.89. The second-order valence-electron chi connectivity index (χ2n) is 5.94. The van der Waals surface area contributed by atoms with Crippen LogP contribution in [-0.4, -0.2) is 41.5 Å². The molecule has 0 spiro atoms. The molecule has 23 heavy (non-hydrogen) atoms. The van der Waals surface area contributed by atoms with Crippen molar-refractivity contribution in [3.63, 3.8) is 0 Å². The molecule has 5 nitrogen and oxygen atoms in total. The van der Waals surface area contributed by atoms with Gasteiger partial charge in [-0.3, -0.25) is 4.79 Å². The van der Waals surface area contributed by atoms with Gasteiger partial charge in [0.05, 0.1) is 5.92 Å². The summed E-state index contributed by atoms with van der Waals surface area (Å²) in [5.74, 6) is -1.90. The number of aliphatic hydroxyl groups excluding tert-OH is 1. The minimum Gasteiger partial charge on any atom is -0.488 e. The number of hydrogen-bond acceptors (Lipinski definition) is 4. The molecular formula is C17H26FNO4. The molecule has 0 fully saturated rings. The second-order valence-corrected chi connectivity index (χ2v) is 5.94. The molecule has 1 aromatic rings. The number of halogens is 1. The van der Waals surface area contributed by atoms with Gasteiger partial charge in [0.1, 0.15) is 12.7 Å². The van der Waals surface area contributed by atoms with Crippen LogP contribution in [0.5, 0.6) is 5.75 Å². The third-order valence-electron chi connectivity index (χ3n) is 3.51. The molecule has 1 aromatic carbocycles. The lowest BCUT2D eigenvalue weighted by Crippen LogP contribution is -2.35. The molecule has 0 aromatic heterocycles. The lowest BCUT2D eigenvalue weighted by atomic mass is 9.97. The number of carboxylic acid groups (broad SMARTS) is 1. The summed E-state index contributed by atoms with van der Waals surface area (Å²) in [7, 11) is 0. The number of rotatable bonds is 10. The third-order valence-corrected chi connectivity index (χ3v) is 3.51. The van der Waals surface area contributed by atoms with Gasteiger partial charge >= 0.3 is 5.97 Å². The van der Waals surface area contributed by atoms with Crippen LogP contribution in [0, 0.1) is 11.7 Å². The van der Waals surface area contributed by atoms with Gasteiger partial charge in [0, 0.05) is 12.6 Å². The van der Waals surface area contributed by atoms with Gasteiger partial charge in [-0.2, -0.15) is 0 Å². The highest BCUT2D eigenvalue weighted by Gasteiger charge is 2.17. The highest BCUT2D eigenvalue weighted by Crippen LogP contribution is 2.21. The molecule has 0 heterocycles. The van der Waals surface area contributed by atoms with E-state index in [1.165, 1.54) is 12.1 Å². The zero-order valence-corrected chi connectivity index (χ0v) is 13.9. The Morgan fingerprint density at radius 1 is 1.39 bits per heavy atom. The molecule has 0 aliphatic rings. The molecule has 0 aliphatic heterocycles. The number of ether oxygens (including phenoxy) is 1. The lowest BCUT2D eigenvalue weighted by molar-refractivity contribution is -0.141. The Bertz CT molecular complexity index is 507. The third kappa shape index (κ3) is 6.97. The summed E-state index contributed by atoms with van der Waals surface area (Å²) in [6, 6.07) is 4.67. The first-order valence-electron chi connectivity index (χ1n) is 7.89. The number of aliphatic carboxylic acids is 1. The van der Waals surface area contributed by atoms with E-state index in [0.717, 1.165) is 0 Å². The SMILES string of the molecule is CCC(Cc1ccc(OCC(O)CNC(C)C)c(F)c1)C(=O)O.